The highest BCUT2D eigenvalue weighted by Gasteiger charge is 2.58. The molecule has 2 aliphatic rings. The van der Waals surface area contributed by atoms with Crippen LogP contribution in [-0.4, -0.2) is 28.6 Å². The summed E-state index contributed by atoms with van der Waals surface area (Å²) in [6.45, 7) is 8.68. The summed E-state index contributed by atoms with van der Waals surface area (Å²) in [5.41, 5.74) is -0.148. The predicted molar refractivity (Wildman–Crippen MR) is 60.3 cm³/mol. The van der Waals surface area contributed by atoms with E-state index < -0.39 is 0 Å². The Morgan fingerprint density at radius 3 is 2.47 bits per heavy atom. The van der Waals surface area contributed by atoms with Gasteiger partial charge in [0.2, 0.25) is 5.91 Å². The fourth-order valence-corrected chi connectivity index (χ4v) is 2.82. The van der Waals surface area contributed by atoms with Gasteiger partial charge in [-0.05, 0) is 39.0 Å². The maximum atomic E-state index is 12.2. The number of rotatable bonds is 3. The molecule has 0 bridgehead atoms. The molecule has 0 aromatic carbocycles. The Morgan fingerprint density at radius 1 is 1.47 bits per heavy atom. The monoisotopic (exact) mass is 210 g/mol. The molecule has 3 heteroatoms. The number of carbonyl (C=O) groups is 1. The second-order valence-corrected chi connectivity index (χ2v) is 5.59. The Balaban J connectivity index is 2.05. The summed E-state index contributed by atoms with van der Waals surface area (Å²) in [5, 5.41) is 3.43. The average molecular weight is 210 g/mol. The van der Waals surface area contributed by atoms with E-state index in [2.05, 4.69) is 33.0 Å². The molecule has 0 aromatic heterocycles. The van der Waals surface area contributed by atoms with Crippen LogP contribution >= 0.6 is 0 Å². The highest BCUT2D eigenvalue weighted by atomic mass is 16.2. The van der Waals surface area contributed by atoms with Crippen LogP contribution < -0.4 is 5.32 Å². The molecule has 1 saturated carbocycles. The van der Waals surface area contributed by atoms with Gasteiger partial charge in [-0.1, -0.05) is 13.8 Å². The predicted octanol–water partition coefficient (Wildman–Crippen LogP) is 1.73. The van der Waals surface area contributed by atoms with Gasteiger partial charge in [-0.2, -0.15) is 0 Å². The Morgan fingerprint density at radius 2 is 2.07 bits per heavy atom. The van der Waals surface area contributed by atoms with Gasteiger partial charge >= 0.3 is 0 Å². The van der Waals surface area contributed by atoms with Crippen molar-refractivity contribution >= 4 is 5.91 Å². The van der Waals surface area contributed by atoms with Gasteiger partial charge < -0.3 is 4.90 Å². The third kappa shape index (κ3) is 1.78. The average Bonchev–Trinajstić information content (AvgIpc) is 2.78. The second kappa shape index (κ2) is 3.48. The van der Waals surface area contributed by atoms with Crippen molar-refractivity contribution in [1.82, 2.24) is 10.2 Å². The van der Waals surface area contributed by atoms with Crippen LogP contribution in [0.15, 0.2) is 0 Å². The first kappa shape index (κ1) is 10.9. The first-order chi connectivity index (χ1) is 6.96. The molecule has 2 rings (SSSR count). The molecule has 1 aliphatic carbocycles. The third-order valence-electron chi connectivity index (χ3n) is 3.58. The molecule has 1 aliphatic heterocycles. The molecular weight excluding hydrogens is 188 g/mol. The molecule has 1 heterocycles. The number of amides is 1. The maximum Gasteiger partial charge on any atom is 0.244 e. The largest absolute Gasteiger partial charge is 0.323 e. The zero-order valence-corrected chi connectivity index (χ0v) is 10.2. The van der Waals surface area contributed by atoms with E-state index in [0.29, 0.717) is 17.9 Å². The Kier molecular flexibility index (Phi) is 2.53. The van der Waals surface area contributed by atoms with Crippen LogP contribution in [0.25, 0.3) is 0 Å². The van der Waals surface area contributed by atoms with Crippen LogP contribution in [0.5, 0.6) is 0 Å². The van der Waals surface area contributed by atoms with Crippen molar-refractivity contribution in [2.24, 2.45) is 5.92 Å². The molecule has 86 valence electrons. The van der Waals surface area contributed by atoms with E-state index in [-0.39, 0.29) is 11.7 Å². The fourth-order valence-electron chi connectivity index (χ4n) is 2.82. The zero-order valence-electron chi connectivity index (χ0n) is 10.2. The van der Waals surface area contributed by atoms with E-state index in [1.807, 2.05) is 4.90 Å². The number of nitrogens with zero attached hydrogens (tertiary/aromatic N) is 1. The lowest BCUT2D eigenvalue weighted by atomic mass is 10.0. The summed E-state index contributed by atoms with van der Waals surface area (Å²) < 4.78 is 0. The van der Waals surface area contributed by atoms with E-state index in [1.54, 1.807) is 0 Å². The van der Waals surface area contributed by atoms with Crippen LogP contribution in [0.4, 0.5) is 0 Å². The molecule has 15 heavy (non-hydrogen) atoms. The second-order valence-electron chi connectivity index (χ2n) is 5.59. The van der Waals surface area contributed by atoms with Crippen molar-refractivity contribution < 1.29 is 4.79 Å². The van der Waals surface area contributed by atoms with Gasteiger partial charge in [-0.15, -0.1) is 0 Å². The normalized spacial score (nSPS) is 30.3. The quantitative estimate of drug-likeness (QED) is 0.769. The van der Waals surface area contributed by atoms with E-state index in [1.165, 1.54) is 0 Å². The zero-order chi connectivity index (χ0) is 11.2. The van der Waals surface area contributed by atoms with Gasteiger partial charge in [-0.25, -0.2) is 0 Å². The summed E-state index contributed by atoms with van der Waals surface area (Å²) in [6.07, 6.45) is 3.37. The fraction of sp³-hybridized carbons (Fsp3) is 0.917. The number of carbonyl (C=O) groups excluding carboxylic acids is 1. The van der Waals surface area contributed by atoms with Crippen LogP contribution in [0.3, 0.4) is 0 Å². The minimum Gasteiger partial charge on any atom is -0.323 e. The van der Waals surface area contributed by atoms with Gasteiger partial charge in [0, 0.05) is 6.04 Å². The first-order valence-electron chi connectivity index (χ1n) is 6.07. The van der Waals surface area contributed by atoms with E-state index in [4.69, 9.17) is 0 Å². The molecule has 0 aromatic rings. The number of hydrogen-bond acceptors (Lipinski definition) is 2. The standard InChI is InChI=1S/C12H22N2O/c1-8(2)7-9(3)14-10(4)13-12(5-6-12)11(14)15/h8-10,13H,5-7H2,1-4H3. The Labute approximate surface area is 92.2 Å². The minimum absolute atomic E-state index is 0.148. The molecule has 1 amide bonds. The first-order valence-corrected chi connectivity index (χ1v) is 6.07. The summed E-state index contributed by atoms with van der Waals surface area (Å²) in [4.78, 5) is 14.2. The highest BCUT2D eigenvalue weighted by molar-refractivity contribution is 5.92. The van der Waals surface area contributed by atoms with E-state index in [9.17, 15) is 4.79 Å². The van der Waals surface area contributed by atoms with Crippen LogP contribution in [0.2, 0.25) is 0 Å². The summed E-state index contributed by atoms with van der Waals surface area (Å²) >= 11 is 0. The van der Waals surface area contributed by atoms with Crippen LogP contribution in [0.1, 0.15) is 47.0 Å². The van der Waals surface area contributed by atoms with E-state index in [0.717, 1.165) is 19.3 Å². The number of hydrogen-bond donors (Lipinski definition) is 1. The SMILES string of the molecule is CC(C)CC(C)N1C(=O)C2(CC2)NC1C. The molecule has 2 atom stereocenters. The molecular formula is C12H22N2O. The molecule has 2 fully saturated rings. The van der Waals surface area contributed by atoms with Crippen LogP contribution in [0, 0.1) is 5.92 Å². The van der Waals surface area contributed by atoms with Gasteiger partial charge in [0.15, 0.2) is 0 Å². The molecule has 1 N–H and O–H groups in total. The van der Waals surface area contributed by atoms with Gasteiger partial charge in [0.1, 0.15) is 0 Å². The third-order valence-corrected chi connectivity index (χ3v) is 3.58. The van der Waals surface area contributed by atoms with Crippen LogP contribution in [-0.2, 0) is 4.79 Å². The Bertz CT molecular complexity index is 271. The van der Waals surface area contributed by atoms with Crippen molar-refractivity contribution in [2.45, 2.75) is 64.7 Å². The molecule has 1 saturated heterocycles. The summed E-state index contributed by atoms with van der Waals surface area (Å²) in [5.74, 6) is 0.985. The lowest BCUT2D eigenvalue weighted by molar-refractivity contribution is -0.132. The van der Waals surface area contributed by atoms with Gasteiger partial charge in [0.25, 0.3) is 0 Å². The Hall–Kier alpha value is -0.570. The van der Waals surface area contributed by atoms with Gasteiger partial charge in [0.05, 0.1) is 11.7 Å². The molecule has 1 spiro atoms. The lowest BCUT2D eigenvalue weighted by Crippen LogP contribution is -2.42. The molecule has 2 unspecified atom stereocenters. The van der Waals surface area contributed by atoms with Crippen molar-refractivity contribution in [3.8, 4) is 0 Å². The maximum absolute atomic E-state index is 12.2. The highest BCUT2D eigenvalue weighted by Crippen LogP contribution is 2.42. The molecule has 0 radical (unpaired) electrons. The molecule has 3 nitrogen and oxygen atoms in total. The van der Waals surface area contributed by atoms with Crippen molar-refractivity contribution in [3.05, 3.63) is 0 Å². The van der Waals surface area contributed by atoms with Gasteiger partial charge in [-0.3, -0.25) is 10.1 Å². The van der Waals surface area contributed by atoms with Crippen molar-refractivity contribution in [1.29, 1.82) is 0 Å². The van der Waals surface area contributed by atoms with Crippen molar-refractivity contribution in [2.75, 3.05) is 0 Å². The topological polar surface area (TPSA) is 32.3 Å². The summed E-state index contributed by atoms with van der Waals surface area (Å²) in [7, 11) is 0. The smallest absolute Gasteiger partial charge is 0.244 e. The minimum atomic E-state index is -0.148. The lowest BCUT2D eigenvalue weighted by Gasteiger charge is -2.29. The van der Waals surface area contributed by atoms with E-state index >= 15 is 0 Å². The number of nitrogens with one attached hydrogen (secondary N) is 1. The van der Waals surface area contributed by atoms with Crippen molar-refractivity contribution in [3.63, 3.8) is 0 Å². The summed E-state index contributed by atoms with van der Waals surface area (Å²) in [6, 6.07) is 0.361.